The first-order chi connectivity index (χ1) is 8.58. The molecule has 100 valence electrons. The number of carbonyl (C=O) groups is 1. The Kier molecular flexibility index (Phi) is 4.78. The molecule has 1 amide bonds. The van der Waals surface area contributed by atoms with Gasteiger partial charge in [0.25, 0.3) is 5.91 Å². The highest BCUT2D eigenvalue weighted by atomic mass is 79.9. The van der Waals surface area contributed by atoms with Gasteiger partial charge < -0.3 is 5.32 Å². The third-order valence-corrected chi connectivity index (χ3v) is 5.73. The number of nitrogens with zero attached hydrogens (tertiary/aromatic N) is 1. The van der Waals surface area contributed by atoms with Gasteiger partial charge in [0, 0.05) is 11.4 Å². The lowest BCUT2D eigenvalue weighted by atomic mass is 9.89. The number of aryl methyl sites for hydroxylation is 2. The zero-order valence-corrected chi connectivity index (χ0v) is 13.2. The molecule has 1 aromatic rings. The Morgan fingerprint density at radius 3 is 2.78 bits per heavy atom. The van der Waals surface area contributed by atoms with Gasteiger partial charge in [-0.15, -0.1) is 11.3 Å². The minimum Gasteiger partial charge on any atom is -0.351 e. The third kappa shape index (κ3) is 3.32. The number of hydrogen-bond donors (Lipinski definition) is 1. The molecule has 0 aromatic carbocycles. The van der Waals surface area contributed by atoms with Gasteiger partial charge in [0.2, 0.25) is 0 Å². The Morgan fingerprint density at radius 2 is 2.17 bits per heavy atom. The summed E-state index contributed by atoms with van der Waals surface area (Å²) in [5.41, 5.74) is 0.842. The van der Waals surface area contributed by atoms with Crippen LogP contribution in [0.4, 0.5) is 0 Å². The minimum absolute atomic E-state index is 0.0309. The smallest absolute Gasteiger partial charge is 0.263 e. The summed E-state index contributed by atoms with van der Waals surface area (Å²) >= 11 is 5.19. The van der Waals surface area contributed by atoms with E-state index < -0.39 is 0 Å². The third-order valence-electron chi connectivity index (χ3n) is 3.45. The number of amides is 1. The van der Waals surface area contributed by atoms with E-state index in [0.717, 1.165) is 22.1 Å². The Morgan fingerprint density at radius 1 is 1.44 bits per heavy atom. The second kappa shape index (κ2) is 6.15. The van der Waals surface area contributed by atoms with Gasteiger partial charge in [-0.25, -0.2) is 4.98 Å². The van der Waals surface area contributed by atoms with E-state index in [1.54, 1.807) is 0 Å². The van der Waals surface area contributed by atoms with E-state index >= 15 is 0 Å². The number of rotatable bonds is 3. The van der Waals surface area contributed by atoms with Gasteiger partial charge >= 0.3 is 0 Å². The topological polar surface area (TPSA) is 42.0 Å². The van der Waals surface area contributed by atoms with Crippen LogP contribution in [0, 0.1) is 19.8 Å². The van der Waals surface area contributed by atoms with Crippen molar-refractivity contribution in [3.8, 4) is 0 Å². The van der Waals surface area contributed by atoms with E-state index in [0.29, 0.717) is 10.7 Å². The Hall–Kier alpha value is -0.420. The predicted molar refractivity (Wildman–Crippen MR) is 78.6 cm³/mol. The van der Waals surface area contributed by atoms with Crippen LogP contribution in [0.2, 0.25) is 0 Å². The van der Waals surface area contributed by atoms with Crippen molar-refractivity contribution < 1.29 is 4.79 Å². The second-order valence-corrected chi connectivity index (χ2v) is 7.30. The Labute approximate surface area is 121 Å². The molecule has 1 heterocycles. The molecular formula is C13H19BrN2OS. The molecule has 18 heavy (non-hydrogen) atoms. The first kappa shape index (κ1) is 14.0. The number of nitrogens with one attached hydrogen (secondary N) is 1. The lowest BCUT2D eigenvalue weighted by Gasteiger charge is -2.27. The predicted octanol–water partition coefficient (Wildman–Crippen LogP) is 3.44. The normalized spacial score (nSPS) is 23.9. The van der Waals surface area contributed by atoms with Crippen LogP contribution in [0.25, 0.3) is 0 Å². The summed E-state index contributed by atoms with van der Waals surface area (Å²) in [5, 5.41) is 4.01. The molecule has 0 saturated heterocycles. The van der Waals surface area contributed by atoms with Crippen LogP contribution >= 0.6 is 27.3 Å². The maximum absolute atomic E-state index is 12.1. The minimum atomic E-state index is 0.0309. The number of thiazole rings is 1. The molecule has 1 fully saturated rings. The first-order valence-electron chi connectivity index (χ1n) is 6.44. The molecule has 0 spiro atoms. The molecule has 0 aliphatic heterocycles. The van der Waals surface area contributed by atoms with Crippen LogP contribution in [0.3, 0.4) is 0 Å². The molecule has 1 aromatic heterocycles. The van der Waals surface area contributed by atoms with E-state index in [-0.39, 0.29) is 5.91 Å². The van der Waals surface area contributed by atoms with Crippen molar-refractivity contribution in [2.45, 2.75) is 44.4 Å². The Balaban J connectivity index is 1.90. The lowest BCUT2D eigenvalue weighted by Crippen LogP contribution is -2.34. The number of halogens is 1. The van der Waals surface area contributed by atoms with Crippen LogP contribution in [-0.4, -0.2) is 22.3 Å². The van der Waals surface area contributed by atoms with Crippen LogP contribution in [0.15, 0.2) is 0 Å². The maximum Gasteiger partial charge on any atom is 0.263 e. The van der Waals surface area contributed by atoms with Crippen molar-refractivity contribution in [1.29, 1.82) is 0 Å². The molecular weight excluding hydrogens is 312 g/mol. The number of hydrogen-bond acceptors (Lipinski definition) is 3. The molecule has 0 bridgehead atoms. The van der Waals surface area contributed by atoms with Crippen LogP contribution in [0.1, 0.15) is 46.1 Å². The van der Waals surface area contributed by atoms with Crippen molar-refractivity contribution in [3.05, 3.63) is 15.6 Å². The van der Waals surface area contributed by atoms with Gasteiger partial charge in [-0.3, -0.25) is 4.79 Å². The highest BCUT2D eigenvalue weighted by Gasteiger charge is 2.23. The monoisotopic (exact) mass is 330 g/mol. The fourth-order valence-corrected chi connectivity index (χ4v) is 4.05. The van der Waals surface area contributed by atoms with E-state index in [4.69, 9.17) is 0 Å². The standard InChI is InChI=1S/C13H19BrN2OS/c1-8-12(18-9(2)16-8)13(17)15-7-10-5-3-4-6-11(10)14/h10-11H,3-7H2,1-2H3,(H,15,17). The van der Waals surface area contributed by atoms with Crippen LogP contribution < -0.4 is 5.32 Å². The van der Waals surface area contributed by atoms with Crippen molar-refractivity contribution in [1.82, 2.24) is 10.3 Å². The number of carbonyl (C=O) groups excluding carboxylic acids is 1. The van der Waals surface area contributed by atoms with Gasteiger partial charge in [0.1, 0.15) is 4.88 Å². The summed E-state index contributed by atoms with van der Waals surface area (Å²) in [6, 6.07) is 0. The van der Waals surface area contributed by atoms with Gasteiger partial charge in [0.05, 0.1) is 10.7 Å². The SMILES string of the molecule is Cc1nc(C)c(C(=O)NCC2CCCCC2Br)s1. The summed E-state index contributed by atoms with van der Waals surface area (Å²) < 4.78 is 0. The second-order valence-electron chi connectivity index (χ2n) is 4.92. The summed E-state index contributed by atoms with van der Waals surface area (Å²) in [7, 11) is 0. The molecule has 2 rings (SSSR count). The summed E-state index contributed by atoms with van der Waals surface area (Å²) in [6.07, 6.45) is 5.00. The molecule has 1 saturated carbocycles. The Bertz CT molecular complexity index is 433. The van der Waals surface area contributed by atoms with E-state index in [1.807, 2.05) is 13.8 Å². The zero-order chi connectivity index (χ0) is 13.1. The lowest BCUT2D eigenvalue weighted by molar-refractivity contribution is 0.0948. The summed E-state index contributed by atoms with van der Waals surface area (Å²) in [4.78, 5) is 17.7. The average molecular weight is 331 g/mol. The molecule has 2 atom stereocenters. The quantitative estimate of drug-likeness (QED) is 0.862. The molecule has 2 unspecified atom stereocenters. The number of aromatic nitrogens is 1. The molecule has 0 radical (unpaired) electrons. The fraction of sp³-hybridized carbons (Fsp3) is 0.692. The van der Waals surface area contributed by atoms with Gasteiger partial charge in [0.15, 0.2) is 0 Å². The number of alkyl halides is 1. The van der Waals surface area contributed by atoms with Crippen molar-refractivity contribution in [2.75, 3.05) is 6.54 Å². The van der Waals surface area contributed by atoms with Gasteiger partial charge in [-0.05, 0) is 32.6 Å². The van der Waals surface area contributed by atoms with Crippen molar-refractivity contribution >= 4 is 33.2 Å². The molecule has 5 heteroatoms. The summed E-state index contributed by atoms with van der Waals surface area (Å²) in [5.74, 6) is 0.598. The average Bonchev–Trinajstić information content (AvgIpc) is 2.67. The van der Waals surface area contributed by atoms with Crippen molar-refractivity contribution in [3.63, 3.8) is 0 Å². The molecule has 3 nitrogen and oxygen atoms in total. The van der Waals surface area contributed by atoms with E-state index in [9.17, 15) is 4.79 Å². The molecule has 1 aliphatic carbocycles. The zero-order valence-electron chi connectivity index (χ0n) is 10.8. The van der Waals surface area contributed by atoms with Crippen LogP contribution in [-0.2, 0) is 0 Å². The summed E-state index contributed by atoms with van der Waals surface area (Å²) in [6.45, 7) is 4.60. The van der Waals surface area contributed by atoms with E-state index in [2.05, 4.69) is 26.2 Å². The van der Waals surface area contributed by atoms with E-state index in [1.165, 1.54) is 37.0 Å². The largest absolute Gasteiger partial charge is 0.351 e. The molecule has 1 N–H and O–H groups in total. The van der Waals surface area contributed by atoms with Crippen LogP contribution in [0.5, 0.6) is 0 Å². The van der Waals surface area contributed by atoms with Gasteiger partial charge in [-0.1, -0.05) is 28.8 Å². The highest BCUT2D eigenvalue weighted by Crippen LogP contribution is 2.29. The first-order valence-corrected chi connectivity index (χ1v) is 8.17. The molecule has 1 aliphatic rings. The van der Waals surface area contributed by atoms with Crippen molar-refractivity contribution in [2.24, 2.45) is 5.92 Å². The van der Waals surface area contributed by atoms with Gasteiger partial charge in [-0.2, -0.15) is 0 Å². The fourth-order valence-electron chi connectivity index (χ4n) is 2.44. The maximum atomic E-state index is 12.1. The highest BCUT2D eigenvalue weighted by molar-refractivity contribution is 9.09.